The maximum atomic E-state index is 5.41. The van der Waals surface area contributed by atoms with Crippen LogP contribution in [0, 0.1) is 11.8 Å². The molecule has 0 saturated heterocycles. The van der Waals surface area contributed by atoms with E-state index in [1.807, 2.05) is 12.1 Å². The van der Waals surface area contributed by atoms with Crippen molar-refractivity contribution in [3.63, 3.8) is 0 Å². The van der Waals surface area contributed by atoms with Crippen LogP contribution in [0.15, 0.2) is 24.3 Å². The Labute approximate surface area is 114 Å². The highest BCUT2D eigenvalue weighted by molar-refractivity contribution is 9.09. The van der Waals surface area contributed by atoms with Crippen LogP contribution in [0.25, 0.3) is 0 Å². The van der Waals surface area contributed by atoms with Gasteiger partial charge in [-0.3, -0.25) is 0 Å². The molecule has 0 fully saturated rings. The number of hydrogen-bond donors (Lipinski definition) is 0. The molecular weight excluding hydrogens is 276 g/mol. The van der Waals surface area contributed by atoms with Gasteiger partial charge in [-0.15, -0.1) is 0 Å². The van der Waals surface area contributed by atoms with Gasteiger partial charge in [0.1, 0.15) is 5.75 Å². The quantitative estimate of drug-likeness (QED) is 0.664. The average Bonchev–Trinajstić information content (AvgIpc) is 2.38. The molecule has 0 aliphatic carbocycles. The third-order valence-corrected chi connectivity index (χ3v) is 4.27. The van der Waals surface area contributed by atoms with Crippen molar-refractivity contribution < 1.29 is 4.74 Å². The summed E-state index contributed by atoms with van der Waals surface area (Å²) in [5.41, 5.74) is 1.32. The molecule has 1 aromatic rings. The van der Waals surface area contributed by atoms with E-state index in [0.29, 0.717) is 5.92 Å². The molecule has 17 heavy (non-hydrogen) atoms. The highest BCUT2D eigenvalue weighted by Crippen LogP contribution is 2.26. The van der Waals surface area contributed by atoms with Crippen LogP contribution in [-0.2, 0) is 6.42 Å². The molecule has 0 bridgehead atoms. The molecule has 2 heteroatoms. The second-order valence-corrected chi connectivity index (χ2v) is 5.43. The molecule has 1 aromatic carbocycles. The molecule has 0 amide bonds. The smallest absolute Gasteiger partial charge is 0.122 e. The summed E-state index contributed by atoms with van der Waals surface area (Å²) < 4.78 is 5.41. The van der Waals surface area contributed by atoms with Crippen molar-refractivity contribution in [2.45, 2.75) is 33.1 Å². The molecule has 2 unspecified atom stereocenters. The summed E-state index contributed by atoms with van der Waals surface area (Å²) in [7, 11) is 1.75. The fraction of sp³-hybridized carbons (Fsp3) is 0.600. The van der Waals surface area contributed by atoms with Crippen molar-refractivity contribution in [2.24, 2.45) is 11.8 Å². The number of alkyl halides is 1. The normalized spacial score (nSPS) is 14.4. The van der Waals surface area contributed by atoms with Gasteiger partial charge in [-0.1, -0.05) is 54.4 Å². The molecule has 0 aromatic heterocycles. The monoisotopic (exact) mass is 298 g/mol. The number of halogens is 1. The SMILES string of the molecule is CCC(C)CC(CBr)Cc1ccccc1OC. The Hall–Kier alpha value is -0.500. The Morgan fingerprint density at radius 1 is 1.29 bits per heavy atom. The first-order chi connectivity index (χ1) is 8.21. The van der Waals surface area contributed by atoms with Gasteiger partial charge in [-0.05, 0) is 36.3 Å². The number of benzene rings is 1. The molecule has 0 saturated carbocycles. The van der Waals surface area contributed by atoms with E-state index in [-0.39, 0.29) is 0 Å². The summed E-state index contributed by atoms with van der Waals surface area (Å²) >= 11 is 3.64. The van der Waals surface area contributed by atoms with Gasteiger partial charge in [-0.25, -0.2) is 0 Å². The molecule has 0 N–H and O–H groups in total. The maximum absolute atomic E-state index is 5.41. The van der Waals surface area contributed by atoms with E-state index in [1.54, 1.807) is 7.11 Å². The summed E-state index contributed by atoms with van der Waals surface area (Å²) in [5, 5.41) is 1.06. The minimum atomic E-state index is 0.696. The third-order valence-electron chi connectivity index (χ3n) is 3.35. The number of para-hydroxylation sites is 1. The van der Waals surface area contributed by atoms with Gasteiger partial charge in [0.15, 0.2) is 0 Å². The van der Waals surface area contributed by atoms with Gasteiger partial charge in [0.05, 0.1) is 7.11 Å². The van der Waals surface area contributed by atoms with Crippen molar-refractivity contribution in [2.75, 3.05) is 12.4 Å². The molecule has 0 radical (unpaired) electrons. The van der Waals surface area contributed by atoms with Crippen molar-refractivity contribution >= 4 is 15.9 Å². The van der Waals surface area contributed by atoms with Crippen LogP contribution < -0.4 is 4.74 Å². The molecular formula is C15H23BrO. The lowest BCUT2D eigenvalue weighted by molar-refractivity contribution is 0.388. The summed E-state index contributed by atoms with van der Waals surface area (Å²) in [6, 6.07) is 8.33. The fourth-order valence-electron chi connectivity index (χ4n) is 2.12. The zero-order valence-electron chi connectivity index (χ0n) is 11.1. The second-order valence-electron chi connectivity index (χ2n) is 4.79. The van der Waals surface area contributed by atoms with E-state index in [9.17, 15) is 0 Å². The first-order valence-electron chi connectivity index (χ1n) is 6.39. The highest BCUT2D eigenvalue weighted by Gasteiger charge is 2.14. The summed E-state index contributed by atoms with van der Waals surface area (Å²) in [6.07, 6.45) is 3.63. The van der Waals surface area contributed by atoms with Crippen LogP contribution in [-0.4, -0.2) is 12.4 Å². The van der Waals surface area contributed by atoms with Crippen LogP contribution in [0.5, 0.6) is 5.75 Å². The van der Waals surface area contributed by atoms with Gasteiger partial charge in [0.25, 0.3) is 0 Å². The summed E-state index contributed by atoms with van der Waals surface area (Å²) in [4.78, 5) is 0. The van der Waals surface area contributed by atoms with E-state index >= 15 is 0 Å². The van der Waals surface area contributed by atoms with Gasteiger partial charge in [-0.2, -0.15) is 0 Å². The molecule has 96 valence electrons. The fourth-order valence-corrected chi connectivity index (χ4v) is 2.61. The Morgan fingerprint density at radius 3 is 2.59 bits per heavy atom. The highest BCUT2D eigenvalue weighted by atomic mass is 79.9. The lowest BCUT2D eigenvalue weighted by atomic mass is 9.90. The predicted octanol–water partition coefficient (Wildman–Crippen LogP) is 4.69. The van der Waals surface area contributed by atoms with Gasteiger partial charge in [0, 0.05) is 5.33 Å². The molecule has 2 atom stereocenters. The van der Waals surface area contributed by atoms with E-state index < -0.39 is 0 Å². The van der Waals surface area contributed by atoms with Gasteiger partial charge in [0.2, 0.25) is 0 Å². The molecule has 0 spiro atoms. The predicted molar refractivity (Wildman–Crippen MR) is 78.1 cm³/mol. The van der Waals surface area contributed by atoms with Crippen LogP contribution >= 0.6 is 15.9 Å². The van der Waals surface area contributed by atoms with E-state index in [0.717, 1.165) is 23.4 Å². The van der Waals surface area contributed by atoms with Crippen LogP contribution in [0.4, 0.5) is 0 Å². The summed E-state index contributed by atoms with van der Waals surface area (Å²) in [5.74, 6) is 2.51. The lowest BCUT2D eigenvalue weighted by Crippen LogP contribution is -2.11. The number of methoxy groups -OCH3 is 1. The molecule has 0 heterocycles. The standard InChI is InChI=1S/C15H23BrO/c1-4-12(2)9-13(11-16)10-14-7-5-6-8-15(14)17-3/h5-8,12-13H,4,9-11H2,1-3H3. The molecule has 1 rings (SSSR count). The maximum Gasteiger partial charge on any atom is 0.122 e. The topological polar surface area (TPSA) is 9.23 Å². The Balaban J connectivity index is 2.66. The second kappa shape index (κ2) is 7.75. The Bertz CT molecular complexity index is 324. The number of rotatable bonds is 7. The van der Waals surface area contributed by atoms with E-state index in [4.69, 9.17) is 4.74 Å². The molecule has 0 aliphatic heterocycles. The molecule has 0 aliphatic rings. The van der Waals surface area contributed by atoms with Crippen LogP contribution in [0.1, 0.15) is 32.3 Å². The summed E-state index contributed by atoms with van der Waals surface area (Å²) in [6.45, 7) is 4.59. The lowest BCUT2D eigenvalue weighted by Gasteiger charge is -2.19. The van der Waals surface area contributed by atoms with Crippen molar-refractivity contribution in [3.8, 4) is 5.75 Å². The minimum absolute atomic E-state index is 0.696. The first-order valence-corrected chi connectivity index (χ1v) is 7.51. The number of hydrogen-bond acceptors (Lipinski definition) is 1. The first kappa shape index (κ1) is 14.6. The van der Waals surface area contributed by atoms with E-state index in [2.05, 4.69) is 41.9 Å². The van der Waals surface area contributed by atoms with E-state index in [1.165, 1.54) is 18.4 Å². The van der Waals surface area contributed by atoms with Crippen molar-refractivity contribution in [3.05, 3.63) is 29.8 Å². The van der Waals surface area contributed by atoms with Crippen molar-refractivity contribution in [1.29, 1.82) is 0 Å². The van der Waals surface area contributed by atoms with Gasteiger partial charge < -0.3 is 4.74 Å². The largest absolute Gasteiger partial charge is 0.496 e. The van der Waals surface area contributed by atoms with Crippen molar-refractivity contribution in [1.82, 2.24) is 0 Å². The minimum Gasteiger partial charge on any atom is -0.496 e. The Kier molecular flexibility index (Phi) is 6.64. The van der Waals surface area contributed by atoms with Gasteiger partial charge >= 0.3 is 0 Å². The van der Waals surface area contributed by atoms with Crippen LogP contribution in [0.3, 0.4) is 0 Å². The average molecular weight is 299 g/mol. The van der Waals surface area contributed by atoms with Crippen LogP contribution in [0.2, 0.25) is 0 Å². The third kappa shape index (κ3) is 4.71. The zero-order chi connectivity index (χ0) is 12.7. The number of ether oxygens (including phenoxy) is 1. The Morgan fingerprint density at radius 2 is 2.00 bits per heavy atom. The molecule has 1 nitrogen and oxygen atoms in total. The zero-order valence-corrected chi connectivity index (χ0v) is 12.7.